The van der Waals surface area contributed by atoms with Gasteiger partial charge in [0.1, 0.15) is 11.5 Å². The highest BCUT2D eigenvalue weighted by molar-refractivity contribution is 5.90. The lowest BCUT2D eigenvalue weighted by Crippen LogP contribution is -2.16. The minimum absolute atomic E-state index is 0.0508. The number of alkyl halides is 3. The molecule has 5 nitrogen and oxygen atoms in total. The summed E-state index contributed by atoms with van der Waals surface area (Å²) in [5.74, 6) is 0.888. The molecular weight excluding hydrogens is 343 g/mol. The van der Waals surface area contributed by atoms with Crippen LogP contribution in [0.15, 0.2) is 42.6 Å². The van der Waals surface area contributed by atoms with Gasteiger partial charge < -0.3 is 10.6 Å². The van der Waals surface area contributed by atoms with Gasteiger partial charge in [-0.15, -0.1) is 0 Å². The van der Waals surface area contributed by atoms with Gasteiger partial charge in [0.15, 0.2) is 0 Å². The van der Waals surface area contributed by atoms with Crippen molar-refractivity contribution in [3.8, 4) is 0 Å². The zero-order chi connectivity index (χ0) is 18.7. The van der Waals surface area contributed by atoms with E-state index in [0.29, 0.717) is 17.3 Å². The number of rotatable bonds is 5. The number of aromatic nitrogens is 3. The lowest BCUT2D eigenvalue weighted by atomic mass is 10.1. The summed E-state index contributed by atoms with van der Waals surface area (Å²) in [7, 11) is 0. The summed E-state index contributed by atoms with van der Waals surface area (Å²) in [6.45, 7) is 3.86. The monoisotopic (exact) mass is 361 g/mol. The van der Waals surface area contributed by atoms with E-state index in [9.17, 15) is 13.2 Å². The van der Waals surface area contributed by atoms with E-state index in [2.05, 4.69) is 25.6 Å². The van der Waals surface area contributed by atoms with Crippen LogP contribution in [0.2, 0.25) is 0 Å². The Kier molecular flexibility index (Phi) is 4.92. The molecule has 0 aliphatic carbocycles. The van der Waals surface area contributed by atoms with Crippen LogP contribution in [0.3, 0.4) is 0 Å². The predicted octanol–water partition coefficient (Wildman–Crippen LogP) is 4.48. The van der Waals surface area contributed by atoms with Gasteiger partial charge in [-0.1, -0.05) is 18.2 Å². The summed E-state index contributed by atoms with van der Waals surface area (Å²) >= 11 is 0. The number of nitrogens with one attached hydrogen (secondary N) is 2. The first-order chi connectivity index (χ1) is 12.3. The van der Waals surface area contributed by atoms with Crippen LogP contribution in [-0.4, -0.2) is 21.0 Å². The van der Waals surface area contributed by atoms with Crippen LogP contribution in [0.1, 0.15) is 25.1 Å². The molecule has 0 amide bonds. The maximum Gasteiger partial charge on any atom is 0.433 e. The highest BCUT2D eigenvalue weighted by Crippen LogP contribution is 2.31. The van der Waals surface area contributed by atoms with Gasteiger partial charge in [-0.25, -0.2) is 4.98 Å². The molecule has 26 heavy (non-hydrogen) atoms. The predicted molar refractivity (Wildman–Crippen MR) is 94.9 cm³/mol. The van der Waals surface area contributed by atoms with E-state index in [1.165, 1.54) is 12.1 Å². The number of anilines is 2. The Morgan fingerprint density at radius 2 is 1.81 bits per heavy atom. The van der Waals surface area contributed by atoms with E-state index in [4.69, 9.17) is 0 Å². The van der Waals surface area contributed by atoms with Gasteiger partial charge in [-0.05, 0) is 32.0 Å². The van der Waals surface area contributed by atoms with E-state index in [-0.39, 0.29) is 18.2 Å². The van der Waals surface area contributed by atoms with Crippen molar-refractivity contribution in [3.05, 3.63) is 53.9 Å². The fourth-order valence-electron chi connectivity index (χ4n) is 2.55. The summed E-state index contributed by atoms with van der Waals surface area (Å²) in [5.41, 5.74) is -0.136. The van der Waals surface area contributed by atoms with Crippen LogP contribution in [0.4, 0.5) is 24.9 Å². The number of hydrogen-bond donors (Lipinski definition) is 2. The second kappa shape index (κ2) is 7.15. The fraction of sp³-hybridized carbons (Fsp3) is 0.278. The number of nitrogens with zero attached hydrogens (tertiary/aromatic N) is 3. The average Bonchev–Trinajstić information content (AvgIpc) is 2.58. The second-order valence-electron chi connectivity index (χ2n) is 6.07. The summed E-state index contributed by atoms with van der Waals surface area (Å²) in [6.07, 6.45) is -3.37. The Bertz CT molecular complexity index is 909. The molecule has 0 fully saturated rings. The van der Waals surface area contributed by atoms with E-state index in [1.54, 1.807) is 0 Å². The largest absolute Gasteiger partial charge is 0.433 e. The molecule has 2 N–H and O–H groups in total. The SMILES string of the molecule is CC(C)Nc1nc(NCc2cccnc2C(F)(F)F)c2ccccc2n1. The van der Waals surface area contributed by atoms with Crippen LogP contribution in [0.25, 0.3) is 10.9 Å². The summed E-state index contributed by atoms with van der Waals surface area (Å²) in [4.78, 5) is 12.3. The van der Waals surface area contributed by atoms with Crippen molar-refractivity contribution < 1.29 is 13.2 Å². The molecule has 0 unspecified atom stereocenters. The van der Waals surface area contributed by atoms with Crippen LogP contribution in [0.5, 0.6) is 0 Å². The molecule has 0 atom stereocenters. The van der Waals surface area contributed by atoms with Crippen LogP contribution in [0, 0.1) is 0 Å². The van der Waals surface area contributed by atoms with Crippen molar-refractivity contribution in [3.63, 3.8) is 0 Å². The molecule has 0 bridgehead atoms. The summed E-state index contributed by atoms with van der Waals surface area (Å²) < 4.78 is 39.3. The van der Waals surface area contributed by atoms with Crippen molar-refractivity contribution in [1.82, 2.24) is 15.0 Å². The van der Waals surface area contributed by atoms with Gasteiger partial charge in [-0.3, -0.25) is 4.98 Å². The third kappa shape index (κ3) is 4.01. The smallest absolute Gasteiger partial charge is 0.365 e. The van der Waals surface area contributed by atoms with Crippen LogP contribution in [-0.2, 0) is 12.7 Å². The molecule has 0 radical (unpaired) electrons. The molecule has 2 heterocycles. The molecule has 2 aromatic heterocycles. The third-order valence-electron chi connectivity index (χ3n) is 3.63. The Labute approximate surface area is 148 Å². The van der Waals surface area contributed by atoms with Crippen molar-refractivity contribution in [1.29, 1.82) is 0 Å². The standard InChI is InChI=1S/C18H18F3N5/c1-11(2)24-17-25-14-8-4-3-7-13(14)16(26-17)23-10-12-6-5-9-22-15(12)18(19,20)21/h3-9,11H,10H2,1-2H3,(H2,23,24,25,26). The van der Waals surface area contributed by atoms with Crippen LogP contribution < -0.4 is 10.6 Å². The van der Waals surface area contributed by atoms with E-state index < -0.39 is 11.9 Å². The average molecular weight is 361 g/mol. The van der Waals surface area contributed by atoms with Crippen molar-refractivity contribution in [2.45, 2.75) is 32.6 Å². The Morgan fingerprint density at radius 3 is 2.54 bits per heavy atom. The van der Waals surface area contributed by atoms with Crippen molar-refractivity contribution in [2.75, 3.05) is 10.6 Å². The summed E-state index contributed by atoms with van der Waals surface area (Å²) in [5, 5.41) is 6.85. The van der Waals surface area contributed by atoms with E-state index >= 15 is 0 Å². The zero-order valence-electron chi connectivity index (χ0n) is 14.3. The van der Waals surface area contributed by atoms with Gasteiger partial charge >= 0.3 is 6.18 Å². The summed E-state index contributed by atoms with van der Waals surface area (Å²) in [6, 6.07) is 10.3. The van der Waals surface area contributed by atoms with Crippen LogP contribution >= 0.6 is 0 Å². The Hall–Kier alpha value is -2.90. The second-order valence-corrected chi connectivity index (χ2v) is 6.07. The molecule has 0 aliphatic heterocycles. The van der Waals surface area contributed by atoms with Gasteiger partial charge in [0, 0.05) is 29.7 Å². The number of halogens is 3. The zero-order valence-corrected chi connectivity index (χ0v) is 14.3. The van der Waals surface area contributed by atoms with Gasteiger partial charge in [0.25, 0.3) is 0 Å². The molecule has 0 spiro atoms. The molecule has 3 rings (SSSR count). The maximum atomic E-state index is 13.1. The topological polar surface area (TPSA) is 62.7 Å². The Balaban J connectivity index is 1.94. The number of benzene rings is 1. The minimum atomic E-state index is -4.50. The number of fused-ring (bicyclic) bond motifs is 1. The highest BCUT2D eigenvalue weighted by Gasteiger charge is 2.34. The first kappa shape index (κ1) is 17.9. The number of pyridine rings is 1. The van der Waals surface area contributed by atoms with Gasteiger partial charge in [-0.2, -0.15) is 18.2 Å². The van der Waals surface area contributed by atoms with E-state index in [1.807, 2.05) is 38.1 Å². The molecule has 0 saturated carbocycles. The molecule has 3 aromatic rings. The molecule has 8 heteroatoms. The number of hydrogen-bond acceptors (Lipinski definition) is 5. The number of para-hydroxylation sites is 1. The normalized spacial score (nSPS) is 11.8. The first-order valence-electron chi connectivity index (χ1n) is 8.13. The lowest BCUT2D eigenvalue weighted by molar-refractivity contribution is -0.141. The van der Waals surface area contributed by atoms with E-state index in [0.717, 1.165) is 11.6 Å². The third-order valence-corrected chi connectivity index (χ3v) is 3.63. The minimum Gasteiger partial charge on any atom is -0.365 e. The quantitative estimate of drug-likeness (QED) is 0.702. The van der Waals surface area contributed by atoms with Gasteiger partial charge in [0.2, 0.25) is 5.95 Å². The highest BCUT2D eigenvalue weighted by atomic mass is 19.4. The molecule has 0 aliphatic rings. The fourth-order valence-corrected chi connectivity index (χ4v) is 2.55. The Morgan fingerprint density at radius 1 is 1.04 bits per heavy atom. The molecule has 136 valence electrons. The molecule has 0 saturated heterocycles. The van der Waals surface area contributed by atoms with Crippen molar-refractivity contribution in [2.24, 2.45) is 0 Å². The maximum absolute atomic E-state index is 13.1. The van der Waals surface area contributed by atoms with Gasteiger partial charge in [0.05, 0.1) is 5.52 Å². The lowest BCUT2D eigenvalue weighted by Gasteiger charge is -2.15. The first-order valence-corrected chi connectivity index (χ1v) is 8.13. The van der Waals surface area contributed by atoms with Crippen molar-refractivity contribution >= 4 is 22.7 Å². The molecular formula is C18H18F3N5. The molecule has 1 aromatic carbocycles.